The first-order valence-corrected chi connectivity index (χ1v) is 9.96. The third-order valence-corrected chi connectivity index (χ3v) is 5.68. The highest BCUT2D eigenvalue weighted by Crippen LogP contribution is 2.34. The van der Waals surface area contributed by atoms with Gasteiger partial charge in [0, 0.05) is 45.5 Å². The van der Waals surface area contributed by atoms with E-state index in [0.29, 0.717) is 24.0 Å². The van der Waals surface area contributed by atoms with Crippen molar-refractivity contribution in [1.82, 2.24) is 20.2 Å². The number of hydrogen-bond acceptors (Lipinski definition) is 9. The topological polar surface area (TPSA) is 95.0 Å². The Morgan fingerprint density at radius 2 is 2.07 bits per heavy atom. The van der Waals surface area contributed by atoms with Crippen LogP contribution >= 0.6 is 11.3 Å². The highest BCUT2D eigenvalue weighted by atomic mass is 32.1. The fraction of sp³-hybridized carbons (Fsp3) is 0.529. The summed E-state index contributed by atoms with van der Waals surface area (Å²) in [6.45, 7) is 7.81. The summed E-state index contributed by atoms with van der Waals surface area (Å²) in [6.07, 6.45) is 1.65. The van der Waals surface area contributed by atoms with Crippen LogP contribution in [-0.2, 0) is 4.74 Å². The molecule has 9 nitrogen and oxygen atoms in total. The van der Waals surface area contributed by atoms with Gasteiger partial charge in [-0.3, -0.25) is 4.79 Å². The number of ether oxygens (including phenoxy) is 1. The maximum absolute atomic E-state index is 12.9. The first kappa shape index (κ1) is 18.1. The molecular formula is C17H23N7O2S. The van der Waals surface area contributed by atoms with Gasteiger partial charge in [-0.05, 0) is 13.0 Å². The van der Waals surface area contributed by atoms with E-state index in [4.69, 9.17) is 4.74 Å². The number of piperazine rings is 1. The summed E-state index contributed by atoms with van der Waals surface area (Å²) < 4.78 is 6.40. The van der Waals surface area contributed by atoms with Gasteiger partial charge in [-0.1, -0.05) is 0 Å². The first-order chi connectivity index (χ1) is 13.3. The summed E-state index contributed by atoms with van der Waals surface area (Å²) in [4.78, 5) is 26.9. The molecule has 144 valence electrons. The Bertz CT molecular complexity index is 841. The van der Waals surface area contributed by atoms with E-state index < -0.39 is 0 Å². The van der Waals surface area contributed by atoms with E-state index in [1.165, 1.54) is 11.3 Å². The molecule has 0 aromatic carbocycles. The molecule has 0 aliphatic carbocycles. The first-order valence-electron chi connectivity index (χ1n) is 9.14. The summed E-state index contributed by atoms with van der Waals surface area (Å²) in [5.41, 5.74) is 3.63. The Kier molecular flexibility index (Phi) is 5.46. The molecule has 10 heteroatoms. The van der Waals surface area contributed by atoms with Crippen molar-refractivity contribution < 1.29 is 9.53 Å². The zero-order valence-corrected chi connectivity index (χ0v) is 16.1. The average Bonchev–Trinajstić information content (AvgIpc) is 3.16. The Hall–Kier alpha value is -2.30. The molecular weight excluding hydrogens is 366 g/mol. The second-order valence-electron chi connectivity index (χ2n) is 6.34. The monoisotopic (exact) mass is 389 g/mol. The minimum Gasteiger partial charge on any atom is -0.378 e. The average molecular weight is 389 g/mol. The number of morpholine rings is 1. The summed E-state index contributed by atoms with van der Waals surface area (Å²) in [5.74, 6) is 1.33. The number of carbonyl (C=O) groups is 1. The van der Waals surface area contributed by atoms with Crippen molar-refractivity contribution in [2.45, 2.75) is 6.92 Å². The normalized spacial score (nSPS) is 18.4. The summed E-state index contributed by atoms with van der Waals surface area (Å²) in [6, 6.07) is 1.87. The van der Waals surface area contributed by atoms with Gasteiger partial charge in [-0.15, -0.1) is 11.3 Å². The highest BCUT2D eigenvalue weighted by Gasteiger charge is 2.24. The maximum atomic E-state index is 12.9. The molecule has 2 aliphatic heterocycles. The van der Waals surface area contributed by atoms with Crippen LogP contribution in [0.4, 0.5) is 11.8 Å². The highest BCUT2D eigenvalue weighted by molar-refractivity contribution is 7.21. The second kappa shape index (κ2) is 8.15. The van der Waals surface area contributed by atoms with Crippen LogP contribution < -0.4 is 15.6 Å². The van der Waals surface area contributed by atoms with Gasteiger partial charge >= 0.3 is 0 Å². The van der Waals surface area contributed by atoms with Gasteiger partial charge in [0.25, 0.3) is 5.91 Å². The van der Waals surface area contributed by atoms with E-state index in [1.54, 1.807) is 6.21 Å². The molecule has 4 heterocycles. The lowest BCUT2D eigenvalue weighted by Crippen LogP contribution is -2.46. The lowest BCUT2D eigenvalue weighted by molar-refractivity contribution is 0.0741. The number of hydrogen-bond donors (Lipinski definition) is 2. The molecule has 2 aliphatic rings. The molecule has 0 atom stereocenters. The molecule has 2 saturated heterocycles. The van der Waals surface area contributed by atoms with Crippen molar-refractivity contribution in [1.29, 1.82) is 0 Å². The van der Waals surface area contributed by atoms with Crippen LogP contribution in [0.15, 0.2) is 11.2 Å². The summed E-state index contributed by atoms with van der Waals surface area (Å²) >= 11 is 1.47. The Labute approximate surface area is 161 Å². The van der Waals surface area contributed by atoms with Crippen molar-refractivity contribution in [3.8, 4) is 0 Å². The van der Waals surface area contributed by atoms with Crippen LogP contribution in [0.2, 0.25) is 0 Å². The van der Waals surface area contributed by atoms with E-state index in [9.17, 15) is 4.79 Å². The van der Waals surface area contributed by atoms with E-state index in [-0.39, 0.29) is 5.91 Å². The maximum Gasteiger partial charge on any atom is 0.264 e. The number of anilines is 2. The minimum absolute atomic E-state index is 0.0634. The summed E-state index contributed by atoms with van der Waals surface area (Å²) in [7, 11) is 0. The lowest BCUT2D eigenvalue weighted by atomic mass is 10.3. The Morgan fingerprint density at radius 1 is 1.30 bits per heavy atom. The van der Waals surface area contributed by atoms with Crippen molar-refractivity contribution in [3.63, 3.8) is 0 Å². The SMILES string of the molecule is C/C=N/Nc1nc(N2CCOCC2)c2sc(C(=O)N3CCNCC3)cc2n1. The van der Waals surface area contributed by atoms with Crippen molar-refractivity contribution in [2.75, 3.05) is 62.8 Å². The number of thiophene rings is 1. The van der Waals surface area contributed by atoms with Crippen LogP contribution in [0.1, 0.15) is 16.6 Å². The fourth-order valence-electron chi connectivity index (χ4n) is 3.21. The van der Waals surface area contributed by atoms with Gasteiger partial charge in [-0.25, -0.2) is 10.4 Å². The minimum atomic E-state index is 0.0634. The van der Waals surface area contributed by atoms with Gasteiger partial charge < -0.3 is 19.9 Å². The van der Waals surface area contributed by atoms with Crippen LogP contribution in [0.5, 0.6) is 0 Å². The third kappa shape index (κ3) is 3.87. The number of hydrazone groups is 1. The molecule has 0 bridgehead atoms. The van der Waals surface area contributed by atoms with Crippen LogP contribution in [0.25, 0.3) is 10.2 Å². The number of aromatic nitrogens is 2. The van der Waals surface area contributed by atoms with Gasteiger partial charge in [-0.2, -0.15) is 10.1 Å². The number of fused-ring (bicyclic) bond motifs is 1. The number of rotatable bonds is 4. The molecule has 2 N–H and O–H groups in total. The zero-order chi connectivity index (χ0) is 18.6. The van der Waals surface area contributed by atoms with E-state index >= 15 is 0 Å². The number of nitrogens with one attached hydrogen (secondary N) is 2. The molecule has 0 radical (unpaired) electrons. The lowest BCUT2D eigenvalue weighted by Gasteiger charge is -2.28. The van der Waals surface area contributed by atoms with Crippen LogP contribution in [0, 0.1) is 0 Å². The molecule has 2 aromatic rings. The largest absolute Gasteiger partial charge is 0.378 e. The van der Waals surface area contributed by atoms with E-state index in [0.717, 1.165) is 55.3 Å². The van der Waals surface area contributed by atoms with Gasteiger partial charge in [0.15, 0.2) is 5.82 Å². The molecule has 0 saturated carbocycles. The molecule has 2 aromatic heterocycles. The van der Waals surface area contributed by atoms with Crippen molar-refractivity contribution in [2.24, 2.45) is 5.10 Å². The van der Waals surface area contributed by atoms with Crippen LogP contribution in [-0.4, -0.2) is 79.5 Å². The number of nitrogens with zero attached hydrogens (tertiary/aromatic N) is 5. The fourth-order valence-corrected chi connectivity index (χ4v) is 4.29. The third-order valence-electron chi connectivity index (χ3n) is 4.57. The number of amides is 1. The zero-order valence-electron chi connectivity index (χ0n) is 15.3. The quantitative estimate of drug-likeness (QED) is 0.595. The smallest absolute Gasteiger partial charge is 0.264 e. The standard InChI is InChI=1S/C17H23N7O2S/c1-2-19-22-17-20-12-11-13(16(25)24-5-3-18-4-6-24)27-14(12)15(21-17)23-7-9-26-10-8-23/h2,11,18H,3-10H2,1H3,(H,20,21,22)/b19-2+. The number of carbonyl (C=O) groups excluding carboxylic acids is 1. The Morgan fingerprint density at radius 3 is 2.81 bits per heavy atom. The molecule has 27 heavy (non-hydrogen) atoms. The molecule has 1 amide bonds. The molecule has 2 fully saturated rings. The second-order valence-corrected chi connectivity index (χ2v) is 7.39. The van der Waals surface area contributed by atoms with Gasteiger partial charge in [0.05, 0.1) is 28.3 Å². The van der Waals surface area contributed by atoms with Gasteiger partial charge in [0.2, 0.25) is 5.95 Å². The molecule has 0 unspecified atom stereocenters. The summed E-state index contributed by atoms with van der Waals surface area (Å²) in [5, 5.41) is 7.30. The molecule has 4 rings (SSSR count). The predicted octanol–water partition coefficient (Wildman–Crippen LogP) is 0.991. The predicted molar refractivity (Wildman–Crippen MR) is 107 cm³/mol. The van der Waals surface area contributed by atoms with Crippen molar-refractivity contribution >= 4 is 45.4 Å². The Balaban J connectivity index is 1.71. The van der Waals surface area contributed by atoms with Gasteiger partial charge in [0.1, 0.15) is 0 Å². The van der Waals surface area contributed by atoms with E-state index in [2.05, 4.69) is 30.7 Å². The van der Waals surface area contributed by atoms with E-state index in [1.807, 2.05) is 17.9 Å². The van der Waals surface area contributed by atoms with Crippen molar-refractivity contribution in [3.05, 3.63) is 10.9 Å². The van der Waals surface area contributed by atoms with Crippen LogP contribution in [0.3, 0.4) is 0 Å². The molecule has 0 spiro atoms.